The van der Waals surface area contributed by atoms with E-state index in [1.807, 2.05) is 6.92 Å². The Balaban J connectivity index is 2.40. The van der Waals surface area contributed by atoms with Gasteiger partial charge in [-0.1, -0.05) is 13.3 Å². The van der Waals surface area contributed by atoms with Crippen LogP contribution in [0, 0.1) is 5.92 Å². The smallest absolute Gasteiger partial charge is 0.137 e. The number of hydrogen-bond acceptors (Lipinski definition) is 3. The summed E-state index contributed by atoms with van der Waals surface area (Å²) in [5.74, 6) is 0.278. The molecule has 1 saturated heterocycles. The molecule has 2 unspecified atom stereocenters. The molecule has 76 valence electrons. The standard InChI is InChI=1S/C10H19NO2/c1-9(7-12)6-11-5-3-2-4-10(11)8-13/h8-10,12H,2-7H2,1H3. The average molecular weight is 185 g/mol. The van der Waals surface area contributed by atoms with Crippen LogP contribution in [0.15, 0.2) is 0 Å². The minimum Gasteiger partial charge on any atom is -0.396 e. The van der Waals surface area contributed by atoms with Crippen LogP contribution in [0.2, 0.25) is 0 Å². The van der Waals surface area contributed by atoms with Crippen molar-refractivity contribution in [1.82, 2.24) is 4.90 Å². The number of aldehydes is 1. The van der Waals surface area contributed by atoms with Gasteiger partial charge in [0.05, 0.1) is 6.04 Å². The normalized spacial score (nSPS) is 27.1. The van der Waals surface area contributed by atoms with Crippen LogP contribution in [-0.4, -0.2) is 42.0 Å². The second-order valence-electron chi connectivity index (χ2n) is 3.98. The van der Waals surface area contributed by atoms with E-state index in [0.29, 0.717) is 0 Å². The lowest BCUT2D eigenvalue weighted by Crippen LogP contribution is -2.43. The first-order chi connectivity index (χ1) is 6.27. The molecule has 1 rings (SSSR count). The Morgan fingerprint density at radius 1 is 1.62 bits per heavy atom. The summed E-state index contributed by atoms with van der Waals surface area (Å²) < 4.78 is 0. The summed E-state index contributed by atoms with van der Waals surface area (Å²) in [7, 11) is 0. The van der Waals surface area contributed by atoms with E-state index in [-0.39, 0.29) is 18.6 Å². The largest absolute Gasteiger partial charge is 0.396 e. The van der Waals surface area contributed by atoms with Gasteiger partial charge >= 0.3 is 0 Å². The van der Waals surface area contributed by atoms with Gasteiger partial charge in [-0.2, -0.15) is 0 Å². The Labute approximate surface area is 79.7 Å². The average Bonchev–Trinajstić information content (AvgIpc) is 2.18. The molecule has 0 saturated carbocycles. The van der Waals surface area contributed by atoms with Crippen LogP contribution in [0.25, 0.3) is 0 Å². The number of nitrogens with zero attached hydrogens (tertiary/aromatic N) is 1. The Hall–Kier alpha value is -0.410. The van der Waals surface area contributed by atoms with Crippen LogP contribution in [0.3, 0.4) is 0 Å². The predicted octanol–water partition coefficient (Wildman–Crippen LogP) is 0.668. The van der Waals surface area contributed by atoms with E-state index in [1.165, 1.54) is 6.42 Å². The third kappa shape index (κ3) is 3.08. The van der Waals surface area contributed by atoms with Crippen LogP contribution >= 0.6 is 0 Å². The van der Waals surface area contributed by atoms with Crippen molar-refractivity contribution in [3.8, 4) is 0 Å². The number of piperidine rings is 1. The molecule has 0 aromatic heterocycles. The maximum Gasteiger partial charge on any atom is 0.137 e. The van der Waals surface area contributed by atoms with Crippen molar-refractivity contribution in [3.63, 3.8) is 0 Å². The molecule has 0 aliphatic carbocycles. The zero-order chi connectivity index (χ0) is 9.68. The molecular weight excluding hydrogens is 166 g/mol. The third-order valence-electron chi connectivity index (χ3n) is 2.68. The van der Waals surface area contributed by atoms with Crippen molar-refractivity contribution in [2.45, 2.75) is 32.2 Å². The number of rotatable bonds is 4. The Morgan fingerprint density at radius 3 is 3.00 bits per heavy atom. The molecule has 0 bridgehead atoms. The zero-order valence-corrected chi connectivity index (χ0v) is 8.28. The molecule has 1 heterocycles. The second kappa shape index (κ2) is 5.35. The maximum absolute atomic E-state index is 10.7. The minimum atomic E-state index is 0.0998. The lowest BCUT2D eigenvalue weighted by Gasteiger charge is -2.33. The van der Waals surface area contributed by atoms with Crippen LogP contribution in [-0.2, 0) is 4.79 Å². The van der Waals surface area contributed by atoms with Crippen molar-refractivity contribution in [1.29, 1.82) is 0 Å². The minimum absolute atomic E-state index is 0.0998. The summed E-state index contributed by atoms with van der Waals surface area (Å²) in [6.07, 6.45) is 4.38. The molecule has 13 heavy (non-hydrogen) atoms. The SMILES string of the molecule is CC(CO)CN1CCCCC1C=O. The van der Waals surface area contributed by atoms with Crippen molar-refractivity contribution in [3.05, 3.63) is 0 Å². The van der Waals surface area contributed by atoms with Gasteiger partial charge in [0.25, 0.3) is 0 Å². The van der Waals surface area contributed by atoms with Crippen molar-refractivity contribution < 1.29 is 9.90 Å². The van der Waals surface area contributed by atoms with Crippen LogP contribution in [0.1, 0.15) is 26.2 Å². The molecule has 0 radical (unpaired) electrons. The fourth-order valence-electron chi connectivity index (χ4n) is 1.86. The summed E-state index contributed by atoms with van der Waals surface area (Å²) in [6, 6.07) is 0.0998. The van der Waals surface area contributed by atoms with E-state index in [9.17, 15) is 4.79 Å². The number of carbonyl (C=O) groups is 1. The Kier molecular flexibility index (Phi) is 4.39. The molecule has 3 heteroatoms. The van der Waals surface area contributed by atoms with Gasteiger partial charge in [-0.25, -0.2) is 0 Å². The molecule has 1 N–H and O–H groups in total. The first-order valence-corrected chi connectivity index (χ1v) is 5.08. The first kappa shape index (κ1) is 10.7. The highest BCUT2D eigenvalue weighted by Gasteiger charge is 2.22. The molecule has 1 aliphatic rings. The van der Waals surface area contributed by atoms with Gasteiger partial charge in [-0.3, -0.25) is 4.90 Å². The van der Waals surface area contributed by atoms with E-state index >= 15 is 0 Å². The highest BCUT2D eigenvalue weighted by molar-refractivity contribution is 5.57. The number of carbonyl (C=O) groups excluding carboxylic acids is 1. The number of hydrogen-bond donors (Lipinski definition) is 1. The summed E-state index contributed by atoms with van der Waals surface area (Å²) in [4.78, 5) is 12.9. The predicted molar refractivity (Wildman–Crippen MR) is 51.5 cm³/mol. The van der Waals surface area contributed by atoms with E-state index in [1.54, 1.807) is 0 Å². The topological polar surface area (TPSA) is 40.5 Å². The summed E-state index contributed by atoms with van der Waals surface area (Å²) >= 11 is 0. The highest BCUT2D eigenvalue weighted by atomic mass is 16.3. The van der Waals surface area contributed by atoms with E-state index in [0.717, 1.165) is 32.2 Å². The second-order valence-corrected chi connectivity index (χ2v) is 3.98. The van der Waals surface area contributed by atoms with Crippen molar-refractivity contribution in [2.75, 3.05) is 19.7 Å². The molecule has 3 nitrogen and oxygen atoms in total. The van der Waals surface area contributed by atoms with Gasteiger partial charge in [0.2, 0.25) is 0 Å². The molecule has 0 aromatic rings. The quantitative estimate of drug-likeness (QED) is 0.654. The fourth-order valence-corrected chi connectivity index (χ4v) is 1.86. The summed E-state index contributed by atoms with van der Waals surface area (Å²) in [5, 5.41) is 8.91. The van der Waals surface area contributed by atoms with Crippen LogP contribution < -0.4 is 0 Å². The Morgan fingerprint density at radius 2 is 2.38 bits per heavy atom. The van der Waals surface area contributed by atoms with Gasteiger partial charge in [-0.15, -0.1) is 0 Å². The van der Waals surface area contributed by atoms with E-state index in [2.05, 4.69) is 4.90 Å². The van der Waals surface area contributed by atoms with Gasteiger partial charge < -0.3 is 9.90 Å². The van der Waals surface area contributed by atoms with Gasteiger partial charge in [0.15, 0.2) is 0 Å². The monoisotopic (exact) mass is 185 g/mol. The molecule has 0 amide bonds. The van der Waals surface area contributed by atoms with E-state index in [4.69, 9.17) is 5.11 Å². The molecule has 1 fully saturated rings. The fraction of sp³-hybridized carbons (Fsp3) is 0.900. The van der Waals surface area contributed by atoms with Crippen LogP contribution in [0.5, 0.6) is 0 Å². The third-order valence-corrected chi connectivity index (χ3v) is 2.68. The molecular formula is C10H19NO2. The first-order valence-electron chi connectivity index (χ1n) is 5.08. The van der Waals surface area contributed by atoms with Gasteiger partial charge in [0, 0.05) is 13.2 Å². The van der Waals surface area contributed by atoms with E-state index < -0.39 is 0 Å². The summed E-state index contributed by atoms with van der Waals surface area (Å²) in [6.45, 7) is 4.08. The molecule has 1 aliphatic heterocycles. The van der Waals surface area contributed by atoms with Crippen LogP contribution in [0.4, 0.5) is 0 Å². The highest BCUT2D eigenvalue weighted by Crippen LogP contribution is 2.16. The maximum atomic E-state index is 10.7. The zero-order valence-electron chi connectivity index (χ0n) is 8.28. The Bertz CT molecular complexity index is 161. The van der Waals surface area contributed by atoms with Gasteiger partial charge in [0.1, 0.15) is 6.29 Å². The van der Waals surface area contributed by atoms with Crippen molar-refractivity contribution >= 4 is 6.29 Å². The lowest BCUT2D eigenvalue weighted by atomic mass is 10.0. The molecule has 0 aromatic carbocycles. The number of likely N-dealkylation sites (tertiary alicyclic amines) is 1. The number of aliphatic hydroxyl groups excluding tert-OH is 1. The lowest BCUT2D eigenvalue weighted by molar-refractivity contribution is -0.113. The van der Waals surface area contributed by atoms with Gasteiger partial charge in [-0.05, 0) is 25.3 Å². The number of aliphatic hydroxyl groups is 1. The summed E-state index contributed by atoms with van der Waals surface area (Å²) in [5.41, 5.74) is 0. The molecule has 0 spiro atoms. The molecule has 2 atom stereocenters. The van der Waals surface area contributed by atoms with Crippen molar-refractivity contribution in [2.24, 2.45) is 5.92 Å².